The van der Waals surface area contributed by atoms with Crippen molar-refractivity contribution in [2.45, 2.75) is 0 Å². The lowest BCUT2D eigenvalue weighted by Gasteiger charge is -2.24. The molecule has 2 aromatic rings. The van der Waals surface area contributed by atoms with Gasteiger partial charge in [-0.15, -0.1) is 9.24 Å². The van der Waals surface area contributed by atoms with Gasteiger partial charge in [-0.25, -0.2) is 0 Å². The lowest BCUT2D eigenvalue weighted by atomic mass is 10.2. The van der Waals surface area contributed by atoms with Gasteiger partial charge in [0.2, 0.25) is 0 Å². The van der Waals surface area contributed by atoms with Crippen LogP contribution in [0.25, 0.3) is 0 Å². The molecule has 1 nitrogen and oxygen atoms in total. The molecule has 0 bridgehead atoms. The molecule has 0 heterocycles. The van der Waals surface area contributed by atoms with E-state index in [1.54, 1.807) is 0 Å². The Kier molecular flexibility index (Phi) is 3.96. The Balaban J connectivity index is 2.31. The van der Waals surface area contributed by atoms with Gasteiger partial charge in [-0.3, -0.25) is 0 Å². The summed E-state index contributed by atoms with van der Waals surface area (Å²) >= 11 is 0. The molecule has 2 rings (SSSR count). The number of hydrogen-bond acceptors (Lipinski definition) is 1. The van der Waals surface area contributed by atoms with Crippen LogP contribution >= 0.6 is 9.24 Å². The second-order valence-corrected chi connectivity index (χ2v) is 4.19. The molecule has 0 fully saturated rings. The van der Waals surface area contributed by atoms with Crippen molar-refractivity contribution in [2.24, 2.45) is 0 Å². The molecule has 1 atom stereocenters. The SMILES string of the molecule is PCCN(c1ccccc1)c1ccccc1. The van der Waals surface area contributed by atoms with Crippen molar-refractivity contribution in [3.8, 4) is 0 Å². The third-order valence-corrected chi connectivity index (χ3v) is 2.75. The molecular weight excluding hydrogens is 213 g/mol. The number of hydrogen-bond donors (Lipinski definition) is 0. The zero-order valence-corrected chi connectivity index (χ0v) is 10.4. The number of para-hydroxylation sites is 2. The molecule has 1 unspecified atom stereocenters. The summed E-state index contributed by atoms with van der Waals surface area (Å²) < 4.78 is 0. The zero-order valence-electron chi connectivity index (χ0n) is 9.21. The summed E-state index contributed by atoms with van der Waals surface area (Å²) in [6.45, 7) is 1.01. The molecule has 16 heavy (non-hydrogen) atoms. The van der Waals surface area contributed by atoms with Crippen LogP contribution in [0.1, 0.15) is 0 Å². The monoisotopic (exact) mass is 229 g/mol. The topological polar surface area (TPSA) is 3.24 Å². The highest BCUT2D eigenvalue weighted by molar-refractivity contribution is 7.16. The van der Waals surface area contributed by atoms with Crippen LogP contribution in [0.2, 0.25) is 0 Å². The van der Waals surface area contributed by atoms with Crippen LogP contribution in [0.5, 0.6) is 0 Å². The molecule has 0 radical (unpaired) electrons. The van der Waals surface area contributed by atoms with Gasteiger partial charge in [-0.2, -0.15) is 0 Å². The van der Waals surface area contributed by atoms with Gasteiger partial charge in [0.15, 0.2) is 0 Å². The number of rotatable bonds is 4. The van der Waals surface area contributed by atoms with Gasteiger partial charge in [0.25, 0.3) is 0 Å². The van der Waals surface area contributed by atoms with Crippen molar-refractivity contribution in [1.29, 1.82) is 0 Å². The fourth-order valence-corrected chi connectivity index (χ4v) is 2.01. The van der Waals surface area contributed by atoms with Crippen molar-refractivity contribution in [3.63, 3.8) is 0 Å². The van der Waals surface area contributed by atoms with Crippen LogP contribution < -0.4 is 4.90 Å². The Morgan fingerprint density at radius 1 is 0.750 bits per heavy atom. The van der Waals surface area contributed by atoms with Crippen molar-refractivity contribution in [2.75, 3.05) is 17.6 Å². The van der Waals surface area contributed by atoms with E-state index in [9.17, 15) is 0 Å². The maximum absolute atomic E-state index is 2.78. The van der Waals surface area contributed by atoms with E-state index in [2.05, 4.69) is 62.7 Å². The molecular formula is C14H16NP. The van der Waals surface area contributed by atoms with Crippen LogP contribution in [0.3, 0.4) is 0 Å². The summed E-state index contributed by atoms with van der Waals surface area (Å²) in [4.78, 5) is 2.33. The standard InChI is InChI=1S/C14H16NP/c16-12-11-15(13-7-3-1-4-8-13)14-9-5-2-6-10-14/h1-10H,11-12,16H2. The van der Waals surface area contributed by atoms with E-state index in [0.717, 1.165) is 12.7 Å². The molecule has 0 N–H and O–H groups in total. The fraction of sp³-hybridized carbons (Fsp3) is 0.143. The smallest absolute Gasteiger partial charge is 0.0410 e. The maximum Gasteiger partial charge on any atom is 0.0410 e. The minimum absolute atomic E-state index is 1.01. The Hall–Kier alpha value is -1.33. The van der Waals surface area contributed by atoms with E-state index in [-0.39, 0.29) is 0 Å². The molecule has 2 aromatic carbocycles. The summed E-state index contributed by atoms with van der Waals surface area (Å²) in [5.41, 5.74) is 2.49. The molecule has 0 aliphatic heterocycles. The van der Waals surface area contributed by atoms with Crippen LogP contribution in [0.15, 0.2) is 60.7 Å². The molecule has 82 valence electrons. The van der Waals surface area contributed by atoms with E-state index in [0.29, 0.717) is 0 Å². The molecule has 2 heteroatoms. The van der Waals surface area contributed by atoms with Crippen molar-refractivity contribution in [1.82, 2.24) is 0 Å². The van der Waals surface area contributed by atoms with Gasteiger partial charge in [-0.05, 0) is 30.4 Å². The third kappa shape index (κ3) is 2.62. The first-order chi connectivity index (χ1) is 7.92. The predicted molar refractivity (Wildman–Crippen MR) is 74.5 cm³/mol. The summed E-state index contributed by atoms with van der Waals surface area (Å²) in [7, 11) is 2.78. The van der Waals surface area contributed by atoms with Gasteiger partial charge in [0, 0.05) is 17.9 Å². The van der Waals surface area contributed by atoms with Crippen LogP contribution in [-0.2, 0) is 0 Å². The van der Waals surface area contributed by atoms with Gasteiger partial charge < -0.3 is 4.90 Å². The van der Waals surface area contributed by atoms with E-state index < -0.39 is 0 Å². The first-order valence-electron chi connectivity index (χ1n) is 5.49. The molecule has 0 saturated carbocycles. The summed E-state index contributed by atoms with van der Waals surface area (Å²) in [6.07, 6.45) is 1.06. The van der Waals surface area contributed by atoms with Gasteiger partial charge in [0.1, 0.15) is 0 Å². The average Bonchev–Trinajstić information content (AvgIpc) is 2.38. The molecule has 0 aromatic heterocycles. The van der Waals surface area contributed by atoms with Crippen LogP contribution in [0, 0.1) is 0 Å². The second kappa shape index (κ2) is 5.67. The summed E-state index contributed by atoms with van der Waals surface area (Å²) in [5.74, 6) is 0. The van der Waals surface area contributed by atoms with E-state index >= 15 is 0 Å². The summed E-state index contributed by atoms with van der Waals surface area (Å²) in [5, 5.41) is 0. The normalized spacial score (nSPS) is 10.1. The zero-order chi connectivity index (χ0) is 11.2. The molecule has 0 saturated heterocycles. The predicted octanol–water partition coefficient (Wildman–Crippen LogP) is 3.70. The Morgan fingerprint density at radius 2 is 1.19 bits per heavy atom. The maximum atomic E-state index is 2.78. The third-order valence-electron chi connectivity index (χ3n) is 2.49. The van der Waals surface area contributed by atoms with Crippen LogP contribution in [-0.4, -0.2) is 12.7 Å². The number of nitrogens with zero attached hydrogens (tertiary/aromatic N) is 1. The Bertz CT molecular complexity index is 374. The van der Waals surface area contributed by atoms with Crippen molar-refractivity contribution < 1.29 is 0 Å². The highest BCUT2D eigenvalue weighted by atomic mass is 31.0. The first-order valence-corrected chi connectivity index (χ1v) is 6.31. The molecule has 0 spiro atoms. The van der Waals surface area contributed by atoms with Gasteiger partial charge in [0.05, 0.1) is 0 Å². The van der Waals surface area contributed by atoms with Crippen molar-refractivity contribution >= 4 is 20.6 Å². The minimum atomic E-state index is 1.01. The first kappa shape index (κ1) is 11.2. The minimum Gasteiger partial charge on any atom is -0.341 e. The van der Waals surface area contributed by atoms with E-state index in [4.69, 9.17) is 0 Å². The molecule has 0 amide bonds. The number of anilines is 2. The van der Waals surface area contributed by atoms with E-state index in [1.165, 1.54) is 11.4 Å². The fourth-order valence-electron chi connectivity index (χ4n) is 1.75. The average molecular weight is 229 g/mol. The second-order valence-electron chi connectivity index (χ2n) is 3.61. The quantitative estimate of drug-likeness (QED) is 0.722. The van der Waals surface area contributed by atoms with Crippen LogP contribution in [0.4, 0.5) is 11.4 Å². The lowest BCUT2D eigenvalue weighted by Crippen LogP contribution is -2.19. The number of benzene rings is 2. The lowest BCUT2D eigenvalue weighted by molar-refractivity contribution is 1.04. The largest absolute Gasteiger partial charge is 0.341 e. The highest BCUT2D eigenvalue weighted by Gasteiger charge is 2.06. The van der Waals surface area contributed by atoms with Gasteiger partial charge >= 0.3 is 0 Å². The Morgan fingerprint density at radius 3 is 1.56 bits per heavy atom. The highest BCUT2D eigenvalue weighted by Crippen LogP contribution is 2.24. The van der Waals surface area contributed by atoms with Crippen molar-refractivity contribution in [3.05, 3.63) is 60.7 Å². The molecule has 0 aliphatic carbocycles. The molecule has 0 aliphatic rings. The summed E-state index contributed by atoms with van der Waals surface area (Å²) in [6, 6.07) is 21.0. The van der Waals surface area contributed by atoms with E-state index in [1.807, 2.05) is 12.1 Å². The Labute approximate surface area is 99.3 Å². The van der Waals surface area contributed by atoms with Gasteiger partial charge in [-0.1, -0.05) is 36.4 Å².